The van der Waals surface area contributed by atoms with Crippen molar-refractivity contribution in [2.45, 2.75) is 12.8 Å². The summed E-state index contributed by atoms with van der Waals surface area (Å²) in [5.74, 6) is 6.48. The van der Waals surface area contributed by atoms with Crippen molar-refractivity contribution in [3.05, 3.63) is 32.8 Å². The van der Waals surface area contributed by atoms with E-state index in [-0.39, 0.29) is 0 Å². The Morgan fingerprint density at radius 3 is 2.20 bits per heavy atom. The number of halogens is 4. The summed E-state index contributed by atoms with van der Waals surface area (Å²) in [4.78, 5) is 0. The average Bonchev–Trinajstić information content (AvgIpc) is 2.15. The van der Waals surface area contributed by atoms with Crippen LogP contribution in [0.3, 0.4) is 0 Å². The number of unbranched alkanes of at least 4 members (excludes halogenated alkanes) is 1. The lowest BCUT2D eigenvalue weighted by Crippen LogP contribution is -1.81. The highest BCUT2D eigenvalue weighted by Crippen LogP contribution is 2.28. The van der Waals surface area contributed by atoms with Gasteiger partial charge in [-0.3, -0.25) is 0 Å². The van der Waals surface area contributed by atoms with Crippen LogP contribution < -0.4 is 0 Å². The average molecular weight is 282 g/mol. The lowest BCUT2D eigenvalue weighted by Gasteiger charge is -2.00. The molecule has 0 aromatic heterocycles. The molecule has 0 nitrogen and oxygen atoms in total. The van der Waals surface area contributed by atoms with E-state index < -0.39 is 0 Å². The van der Waals surface area contributed by atoms with Gasteiger partial charge < -0.3 is 0 Å². The van der Waals surface area contributed by atoms with E-state index >= 15 is 0 Å². The van der Waals surface area contributed by atoms with Gasteiger partial charge in [-0.05, 0) is 18.6 Å². The summed E-state index contributed by atoms with van der Waals surface area (Å²) in [7, 11) is 0. The molecule has 4 heteroatoms. The largest absolute Gasteiger partial charge is 0.127 e. The third-order valence-corrected chi connectivity index (χ3v) is 2.74. The molecular weight excluding hydrogens is 274 g/mol. The molecule has 0 saturated heterocycles. The van der Waals surface area contributed by atoms with Crippen molar-refractivity contribution in [1.29, 1.82) is 0 Å². The quantitative estimate of drug-likeness (QED) is 0.406. The topological polar surface area (TPSA) is 0 Å². The molecule has 0 aliphatic heterocycles. The van der Waals surface area contributed by atoms with Crippen LogP contribution >= 0.6 is 46.4 Å². The summed E-state index contributed by atoms with van der Waals surface area (Å²) < 4.78 is 0. The summed E-state index contributed by atoms with van der Waals surface area (Å²) >= 11 is 23.2. The molecule has 0 atom stereocenters. The maximum Gasteiger partial charge on any atom is 0.0619 e. The zero-order valence-electron chi connectivity index (χ0n) is 7.79. The summed E-state index contributed by atoms with van der Waals surface area (Å²) in [5.41, 5.74) is 0.623. The minimum absolute atomic E-state index is 0.478. The first kappa shape index (κ1) is 13.0. The molecule has 15 heavy (non-hydrogen) atoms. The minimum atomic E-state index is 0.478. The van der Waals surface area contributed by atoms with E-state index in [1.165, 1.54) is 0 Å². The van der Waals surface area contributed by atoms with Crippen molar-refractivity contribution in [2.24, 2.45) is 0 Å². The number of alkyl halides is 1. The predicted molar refractivity (Wildman–Crippen MR) is 68.3 cm³/mol. The Labute approximate surface area is 109 Å². The molecule has 0 saturated carbocycles. The SMILES string of the molecule is ClCCCC#Cc1c(Cl)cc(Cl)cc1Cl. The summed E-state index contributed by atoms with van der Waals surface area (Å²) in [5, 5.41) is 1.47. The van der Waals surface area contributed by atoms with E-state index in [2.05, 4.69) is 11.8 Å². The van der Waals surface area contributed by atoms with Gasteiger partial charge >= 0.3 is 0 Å². The van der Waals surface area contributed by atoms with Crippen molar-refractivity contribution >= 4 is 46.4 Å². The molecule has 0 N–H and O–H groups in total. The fourth-order valence-electron chi connectivity index (χ4n) is 0.968. The fourth-order valence-corrected chi connectivity index (χ4v) is 2.01. The van der Waals surface area contributed by atoms with Crippen LogP contribution in [0.2, 0.25) is 15.1 Å². The lowest BCUT2D eigenvalue weighted by molar-refractivity contribution is 0.991. The van der Waals surface area contributed by atoms with Gasteiger partial charge in [0.25, 0.3) is 0 Å². The van der Waals surface area contributed by atoms with Gasteiger partial charge in [-0.1, -0.05) is 46.6 Å². The van der Waals surface area contributed by atoms with E-state index in [9.17, 15) is 0 Å². The second kappa shape index (κ2) is 6.51. The molecule has 1 aromatic carbocycles. The number of benzene rings is 1. The van der Waals surface area contributed by atoms with Crippen molar-refractivity contribution in [3.8, 4) is 11.8 Å². The number of rotatable bonds is 2. The van der Waals surface area contributed by atoms with Crippen molar-refractivity contribution in [2.75, 3.05) is 5.88 Å². The highest BCUT2D eigenvalue weighted by Gasteiger charge is 2.04. The van der Waals surface area contributed by atoms with Crippen LogP contribution in [0, 0.1) is 11.8 Å². The van der Waals surface area contributed by atoms with Crippen LogP contribution in [0.25, 0.3) is 0 Å². The highest BCUT2D eigenvalue weighted by molar-refractivity contribution is 6.39. The third kappa shape index (κ3) is 4.13. The second-order valence-corrected chi connectivity index (χ2v) is 4.47. The second-order valence-electron chi connectivity index (χ2n) is 2.84. The molecule has 0 heterocycles. The van der Waals surface area contributed by atoms with E-state index in [0.717, 1.165) is 12.8 Å². The van der Waals surface area contributed by atoms with Crippen LogP contribution in [-0.2, 0) is 0 Å². The minimum Gasteiger partial charge on any atom is -0.127 e. The molecule has 0 spiro atoms. The van der Waals surface area contributed by atoms with Gasteiger partial charge in [-0.25, -0.2) is 0 Å². The standard InChI is InChI=1S/C11H8Cl4/c12-5-3-1-2-4-9-10(14)6-8(13)7-11(9)15/h6-7H,1,3,5H2. The van der Waals surface area contributed by atoms with Crippen molar-refractivity contribution in [3.63, 3.8) is 0 Å². The molecule has 0 aliphatic rings. The first-order valence-corrected chi connectivity index (χ1v) is 6.01. The molecule has 0 radical (unpaired) electrons. The molecule has 0 amide bonds. The molecule has 0 unspecified atom stereocenters. The monoisotopic (exact) mass is 280 g/mol. The molecule has 0 fully saturated rings. The van der Waals surface area contributed by atoms with Crippen LogP contribution in [-0.4, -0.2) is 5.88 Å². The Hall–Kier alpha value is -0.0600. The normalized spacial score (nSPS) is 9.60. The Morgan fingerprint density at radius 1 is 1.07 bits per heavy atom. The number of hydrogen-bond donors (Lipinski definition) is 0. The fraction of sp³-hybridized carbons (Fsp3) is 0.273. The van der Waals surface area contributed by atoms with Crippen LogP contribution in [0.5, 0.6) is 0 Å². The molecule has 80 valence electrons. The van der Waals surface area contributed by atoms with Gasteiger partial charge in [0.2, 0.25) is 0 Å². The van der Waals surface area contributed by atoms with E-state index in [1.807, 2.05) is 0 Å². The first-order chi connectivity index (χ1) is 7.15. The van der Waals surface area contributed by atoms with Crippen LogP contribution in [0.4, 0.5) is 0 Å². The van der Waals surface area contributed by atoms with Gasteiger partial charge in [-0.2, -0.15) is 0 Å². The van der Waals surface area contributed by atoms with Crippen molar-refractivity contribution < 1.29 is 0 Å². The third-order valence-electron chi connectivity index (χ3n) is 1.66. The Kier molecular flexibility index (Phi) is 5.64. The summed E-state index contributed by atoms with van der Waals surface area (Å²) in [6, 6.07) is 3.25. The van der Waals surface area contributed by atoms with Crippen molar-refractivity contribution in [1.82, 2.24) is 0 Å². The first-order valence-electron chi connectivity index (χ1n) is 4.34. The number of hydrogen-bond acceptors (Lipinski definition) is 0. The van der Waals surface area contributed by atoms with Crippen LogP contribution in [0.15, 0.2) is 12.1 Å². The Balaban J connectivity index is 2.88. The smallest absolute Gasteiger partial charge is 0.0619 e. The molecule has 0 bridgehead atoms. The van der Waals surface area contributed by atoms with E-state index in [0.29, 0.717) is 26.5 Å². The predicted octanol–water partition coefficient (Wildman–Crippen LogP) is 5.02. The zero-order chi connectivity index (χ0) is 11.3. The Bertz CT molecular complexity index is 378. The van der Waals surface area contributed by atoms with Gasteiger partial charge in [-0.15, -0.1) is 11.6 Å². The van der Waals surface area contributed by atoms with E-state index in [1.54, 1.807) is 12.1 Å². The van der Waals surface area contributed by atoms with Gasteiger partial charge in [0.1, 0.15) is 0 Å². The highest BCUT2D eigenvalue weighted by atomic mass is 35.5. The molecule has 0 aliphatic carbocycles. The van der Waals surface area contributed by atoms with E-state index in [4.69, 9.17) is 46.4 Å². The van der Waals surface area contributed by atoms with Gasteiger partial charge in [0, 0.05) is 17.3 Å². The van der Waals surface area contributed by atoms with Crippen LogP contribution in [0.1, 0.15) is 18.4 Å². The summed E-state index contributed by atoms with van der Waals surface area (Å²) in [6.07, 6.45) is 1.59. The molecular formula is C11H8Cl4. The molecule has 1 aromatic rings. The summed E-state index contributed by atoms with van der Waals surface area (Å²) in [6.45, 7) is 0. The Morgan fingerprint density at radius 2 is 1.67 bits per heavy atom. The molecule has 1 rings (SSSR count). The van der Waals surface area contributed by atoms with Gasteiger partial charge in [0.15, 0.2) is 0 Å². The maximum atomic E-state index is 5.95. The van der Waals surface area contributed by atoms with Gasteiger partial charge in [0.05, 0.1) is 15.6 Å². The lowest BCUT2D eigenvalue weighted by atomic mass is 10.2. The zero-order valence-corrected chi connectivity index (χ0v) is 10.8. The maximum absolute atomic E-state index is 5.95.